The monoisotopic (exact) mass is 336 g/mol. The molecule has 0 saturated heterocycles. The zero-order valence-electron chi connectivity index (χ0n) is 14.3. The van der Waals surface area contributed by atoms with Crippen LogP contribution in [0.4, 0.5) is 0 Å². The van der Waals surface area contributed by atoms with E-state index in [1.54, 1.807) is 24.3 Å². The summed E-state index contributed by atoms with van der Waals surface area (Å²) in [5.74, 6) is 0.598. The molecule has 0 bridgehead atoms. The van der Waals surface area contributed by atoms with Crippen molar-refractivity contribution in [3.05, 3.63) is 65.2 Å². The molecule has 0 aromatic heterocycles. The molecular formula is C20H20N2O3. The van der Waals surface area contributed by atoms with Gasteiger partial charge in [0.05, 0.1) is 23.9 Å². The topological polar surface area (TPSA) is 59.0 Å². The van der Waals surface area contributed by atoms with Crippen LogP contribution in [0.25, 0.3) is 0 Å². The first kappa shape index (κ1) is 16.9. The molecule has 0 radical (unpaired) electrons. The largest absolute Gasteiger partial charge is 0.494 e. The highest BCUT2D eigenvalue weighted by Gasteiger charge is 2.35. The Labute approximate surface area is 146 Å². The van der Waals surface area contributed by atoms with Gasteiger partial charge in [-0.2, -0.15) is 10.1 Å². The van der Waals surface area contributed by atoms with Gasteiger partial charge in [-0.15, -0.1) is 0 Å². The first-order valence-electron chi connectivity index (χ1n) is 8.31. The molecule has 0 atom stereocenters. The maximum Gasteiger partial charge on any atom is 0.282 e. The number of rotatable bonds is 6. The first-order valence-corrected chi connectivity index (χ1v) is 8.31. The number of ether oxygens (including phenoxy) is 1. The summed E-state index contributed by atoms with van der Waals surface area (Å²) in [6.45, 7) is 4.99. The van der Waals surface area contributed by atoms with Gasteiger partial charge in [-0.3, -0.25) is 9.59 Å². The number of nitrogens with zero attached hydrogens (tertiary/aromatic N) is 2. The minimum absolute atomic E-state index is 0.388. The summed E-state index contributed by atoms with van der Waals surface area (Å²) >= 11 is 0. The van der Waals surface area contributed by atoms with Crippen LogP contribution in [0.2, 0.25) is 0 Å². The molecular weight excluding hydrogens is 316 g/mol. The molecule has 5 nitrogen and oxygen atoms in total. The van der Waals surface area contributed by atoms with E-state index in [0.717, 1.165) is 22.7 Å². The average molecular weight is 336 g/mol. The van der Waals surface area contributed by atoms with Gasteiger partial charge in [0.1, 0.15) is 5.75 Å². The van der Waals surface area contributed by atoms with Crippen LogP contribution in [-0.2, 0) is 0 Å². The molecule has 128 valence electrons. The van der Waals surface area contributed by atoms with E-state index in [1.807, 2.05) is 24.3 Å². The number of hydrogen-bond donors (Lipinski definition) is 0. The van der Waals surface area contributed by atoms with E-state index in [-0.39, 0.29) is 0 Å². The van der Waals surface area contributed by atoms with Gasteiger partial charge in [0.15, 0.2) is 0 Å². The third-order valence-corrected chi connectivity index (χ3v) is 3.94. The molecule has 1 heterocycles. The van der Waals surface area contributed by atoms with Crippen molar-refractivity contribution in [1.29, 1.82) is 0 Å². The highest BCUT2D eigenvalue weighted by molar-refractivity contribution is 6.21. The quantitative estimate of drug-likeness (QED) is 0.596. The third kappa shape index (κ3) is 3.76. The van der Waals surface area contributed by atoms with Crippen molar-refractivity contribution in [3.63, 3.8) is 0 Å². The zero-order valence-corrected chi connectivity index (χ0v) is 14.3. The van der Waals surface area contributed by atoms with Crippen LogP contribution >= 0.6 is 0 Å². The SMILES string of the molecule is CC(C)CCOc1ccc(C=NN2C(=O)c3ccccc3C2=O)cc1. The number of imide groups is 1. The maximum atomic E-state index is 12.2. The van der Waals surface area contributed by atoms with Crippen LogP contribution in [0.5, 0.6) is 5.75 Å². The second kappa shape index (κ2) is 7.30. The Hall–Kier alpha value is -2.95. The standard InChI is InChI=1S/C20H20N2O3/c1-14(2)11-12-25-16-9-7-15(8-10-16)13-21-22-19(23)17-5-3-4-6-18(17)20(22)24/h3-10,13-14H,11-12H2,1-2H3. The number of carbonyl (C=O) groups excluding carboxylic acids is 2. The molecule has 0 aliphatic carbocycles. The van der Waals surface area contributed by atoms with Crippen LogP contribution in [0.3, 0.4) is 0 Å². The second-order valence-corrected chi connectivity index (χ2v) is 6.31. The second-order valence-electron chi connectivity index (χ2n) is 6.31. The normalized spacial score (nSPS) is 13.8. The summed E-state index contributed by atoms with van der Waals surface area (Å²) in [6.07, 6.45) is 2.50. The van der Waals surface area contributed by atoms with E-state index in [2.05, 4.69) is 18.9 Å². The molecule has 1 aliphatic rings. The van der Waals surface area contributed by atoms with Gasteiger partial charge in [0, 0.05) is 0 Å². The van der Waals surface area contributed by atoms with E-state index in [0.29, 0.717) is 23.7 Å². The van der Waals surface area contributed by atoms with Crippen molar-refractivity contribution in [3.8, 4) is 5.75 Å². The molecule has 1 aliphatic heterocycles. The molecule has 0 N–H and O–H groups in total. The van der Waals surface area contributed by atoms with Crippen LogP contribution in [0.1, 0.15) is 46.5 Å². The van der Waals surface area contributed by atoms with Crippen molar-refractivity contribution >= 4 is 18.0 Å². The number of fused-ring (bicyclic) bond motifs is 1. The van der Waals surface area contributed by atoms with Crippen molar-refractivity contribution in [2.75, 3.05) is 6.61 Å². The first-order chi connectivity index (χ1) is 12.1. The minimum Gasteiger partial charge on any atom is -0.494 e. The van der Waals surface area contributed by atoms with Crippen molar-refractivity contribution in [2.24, 2.45) is 11.0 Å². The molecule has 5 heteroatoms. The van der Waals surface area contributed by atoms with Gasteiger partial charge < -0.3 is 4.74 Å². The predicted molar refractivity (Wildman–Crippen MR) is 95.9 cm³/mol. The highest BCUT2D eigenvalue weighted by atomic mass is 16.5. The van der Waals surface area contributed by atoms with Gasteiger partial charge in [-0.25, -0.2) is 0 Å². The molecule has 0 unspecified atom stereocenters. The van der Waals surface area contributed by atoms with Gasteiger partial charge in [0.25, 0.3) is 11.8 Å². The summed E-state index contributed by atoms with van der Waals surface area (Å²) in [7, 11) is 0. The summed E-state index contributed by atoms with van der Waals surface area (Å²) < 4.78 is 5.66. The minimum atomic E-state index is -0.398. The maximum absolute atomic E-state index is 12.2. The third-order valence-electron chi connectivity index (χ3n) is 3.94. The lowest BCUT2D eigenvalue weighted by Gasteiger charge is -2.08. The van der Waals surface area contributed by atoms with E-state index in [1.165, 1.54) is 6.21 Å². The Balaban J connectivity index is 1.65. The number of hydrogen-bond acceptors (Lipinski definition) is 4. The molecule has 2 aromatic rings. The molecule has 0 spiro atoms. The number of carbonyl (C=O) groups is 2. The highest BCUT2D eigenvalue weighted by Crippen LogP contribution is 2.22. The lowest BCUT2D eigenvalue weighted by atomic mass is 10.1. The molecule has 0 fully saturated rings. The van der Waals surface area contributed by atoms with E-state index < -0.39 is 11.8 Å². The lowest BCUT2D eigenvalue weighted by Crippen LogP contribution is -2.23. The summed E-state index contributed by atoms with van der Waals surface area (Å²) in [5, 5.41) is 4.95. The van der Waals surface area contributed by atoms with Gasteiger partial charge >= 0.3 is 0 Å². The fourth-order valence-electron chi connectivity index (χ4n) is 2.47. The summed E-state index contributed by atoms with van der Waals surface area (Å²) in [5.41, 5.74) is 1.56. The number of benzene rings is 2. The van der Waals surface area contributed by atoms with Gasteiger partial charge in [0.2, 0.25) is 0 Å². The lowest BCUT2D eigenvalue weighted by molar-refractivity contribution is 0.0660. The Kier molecular flexibility index (Phi) is 4.93. The van der Waals surface area contributed by atoms with Crippen LogP contribution in [0, 0.1) is 5.92 Å². The molecule has 25 heavy (non-hydrogen) atoms. The Morgan fingerprint density at radius 1 is 1.00 bits per heavy atom. The van der Waals surface area contributed by atoms with Gasteiger partial charge in [-0.1, -0.05) is 26.0 Å². The fourth-order valence-corrected chi connectivity index (χ4v) is 2.47. The van der Waals surface area contributed by atoms with E-state index in [4.69, 9.17) is 4.74 Å². The smallest absolute Gasteiger partial charge is 0.282 e. The Bertz CT molecular complexity index is 775. The van der Waals surface area contributed by atoms with Crippen LogP contribution in [-0.4, -0.2) is 29.6 Å². The molecule has 3 rings (SSSR count). The molecule has 2 amide bonds. The summed E-state index contributed by atoms with van der Waals surface area (Å²) in [6, 6.07) is 14.1. The van der Waals surface area contributed by atoms with E-state index in [9.17, 15) is 9.59 Å². The Morgan fingerprint density at radius 2 is 1.60 bits per heavy atom. The molecule has 2 aromatic carbocycles. The zero-order chi connectivity index (χ0) is 17.8. The summed E-state index contributed by atoms with van der Waals surface area (Å²) in [4.78, 5) is 24.5. The van der Waals surface area contributed by atoms with Gasteiger partial charge in [-0.05, 0) is 54.3 Å². The average Bonchev–Trinajstić information content (AvgIpc) is 2.85. The fraction of sp³-hybridized carbons (Fsp3) is 0.250. The van der Waals surface area contributed by atoms with Crippen molar-refractivity contribution in [1.82, 2.24) is 5.01 Å². The van der Waals surface area contributed by atoms with Crippen LogP contribution in [0.15, 0.2) is 53.6 Å². The van der Waals surface area contributed by atoms with Crippen molar-refractivity contribution < 1.29 is 14.3 Å². The molecule has 0 saturated carbocycles. The van der Waals surface area contributed by atoms with E-state index >= 15 is 0 Å². The van der Waals surface area contributed by atoms with Crippen molar-refractivity contribution in [2.45, 2.75) is 20.3 Å². The van der Waals surface area contributed by atoms with Crippen LogP contribution < -0.4 is 4.74 Å². The number of hydrazone groups is 1. The predicted octanol–water partition coefficient (Wildman–Crippen LogP) is 3.74. The number of amides is 2. The Morgan fingerprint density at radius 3 is 2.16 bits per heavy atom.